The summed E-state index contributed by atoms with van der Waals surface area (Å²) < 4.78 is 7.21. The van der Waals surface area contributed by atoms with Crippen LogP contribution in [-0.2, 0) is 5.41 Å². The number of nitrogens with zero attached hydrogens (tertiary/aromatic N) is 4. The Morgan fingerprint density at radius 2 is 1.86 bits per heavy atom. The van der Waals surface area contributed by atoms with E-state index in [0.29, 0.717) is 0 Å². The molecule has 0 bridgehead atoms. The van der Waals surface area contributed by atoms with Gasteiger partial charge in [0.25, 0.3) is 5.69 Å². The van der Waals surface area contributed by atoms with Crippen molar-refractivity contribution in [2.75, 3.05) is 26.2 Å². The maximum Gasteiger partial charge on any atom is 0.270 e. The summed E-state index contributed by atoms with van der Waals surface area (Å²) in [7, 11) is 5.46. The predicted octanol–water partition coefficient (Wildman–Crippen LogP) is 0.736. The summed E-state index contributed by atoms with van der Waals surface area (Å²) in [6.45, 7) is 4.10. The van der Waals surface area contributed by atoms with E-state index in [1.54, 1.807) is 24.3 Å². The van der Waals surface area contributed by atoms with Gasteiger partial charge >= 0.3 is 0 Å². The lowest BCUT2D eigenvalue weighted by Gasteiger charge is -2.16. The fourth-order valence-electron chi connectivity index (χ4n) is 3.37. The normalized spacial score (nSPS) is 14.6. The zero-order valence-corrected chi connectivity index (χ0v) is 17.3. The van der Waals surface area contributed by atoms with E-state index in [2.05, 4.69) is 5.10 Å². The monoisotopic (exact) mass is 402 g/mol. The van der Waals surface area contributed by atoms with E-state index in [0.717, 1.165) is 28.4 Å². The lowest BCUT2D eigenvalue weighted by molar-refractivity contribution is -0.401. The molecule has 0 spiro atoms. The van der Waals surface area contributed by atoms with Gasteiger partial charge in [-0.2, -0.15) is 9.68 Å². The Bertz CT molecular complexity index is 952. The third-order valence-electron chi connectivity index (χ3n) is 5.03. The molecular formula is C20H23ClN4O3. The fraction of sp³-hybridized carbons (Fsp3) is 0.300. The molecule has 0 saturated carbocycles. The van der Waals surface area contributed by atoms with Gasteiger partial charge in [-0.25, -0.2) is 0 Å². The number of nitro groups is 1. The molecule has 0 fully saturated rings. The molecule has 0 saturated heterocycles. The molecule has 3 rings (SSSR count). The average molecular weight is 403 g/mol. The summed E-state index contributed by atoms with van der Waals surface area (Å²) in [5.41, 5.74) is 3.49. The first-order chi connectivity index (χ1) is 12.8. The number of fused-ring (bicyclic) bond motifs is 1. The highest BCUT2D eigenvalue weighted by Gasteiger charge is 2.44. The third kappa shape index (κ3) is 3.71. The number of hydrogen-bond donors (Lipinski definition) is 0. The topological polar surface area (TPSA) is 71.0 Å². The van der Waals surface area contributed by atoms with Crippen molar-refractivity contribution in [2.45, 2.75) is 19.3 Å². The largest absolute Gasteiger partial charge is 1.00 e. The van der Waals surface area contributed by atoms with Crippen LogP contribution in [0.5, 0.6) is 5.75 Å². The van der Waals surface area contributed by atoms with Crippen LogP contribution in [0.15, 0.2) is 47.6 Å². The molecule has 0 amide bonds. The first kappa shape index (κ1) is 21.4. The molecule has 0 aliphatic carbocycles. The highest BCUT2D eigenvalue weighted by atomic mass is 35.5. The molecule has 8 heteroatoms. The molecule has 0 aromatic heterocycles. The van der Waals surface area contributed by atoms with Gasteiger partial charge in [-0.15, -0.1) is 0 Å². The second kappa shape index (κ2) is 7.98. The number of rotatable bonds is 5. The van der Waals surface area contributed by atoms with E-state index < -0.39 is 0 Å². The van der Waals surface area contributed by atoms with E-state index >= 15 is 0 Å². The number of halogens is 1. The number of ether oxygens (including phenoxy) is 1. The summed E-state index contributed by atoms with van der Waals surface area (Å²) >= 11 is 0. The minimum atomic E-state index is -0.389. The lowest BCUT2D eigenvalue weighted by atomic mass is 9.82. The van der Waals surface area contributed by atoms with Crippen LogP contribution in [0.3, 0.4) is 0 Å². The van der Waals surface area contributed by atoms with Gasteiger partial charge in [0.1, 0.15) is 19.0 Å². The van der Waals surface area contributed by atoms with Crippen molar-refractivity contribution >= 4 is 29.0 Å². The van der Waals surface area contributed by atoms with Crippen LogP contribution < -0.4 is 22.2 Å². The van der Waals surface area contributed by atoms with Gasteiger partial charge in [-0.1, -0.05) is 0 Å². The molecule has 0 N–H and O–H groups in total. The van der Waals surface area contributed by atoms with Gasteiger partial charge in [-0.05, 0) is 38.1 Å². The van der Waals surface area contributed by atoms with Crippen LogP contribution in [0, 0.1) is 10.1 Å². The Kier molecular flexibility index (Phi) is 6.09. The smallest absolute Gasteiger partial charge is 0.270 e. The number of hydrazone groups is 1. The van der Waals surface area contributed by atoms with Crippen LogP contribution in [0.2, 0.25) is 0 Å². The molecule has 1 aliphatic rings. The number of methoxy groups -OCH3 is 1. The summed E-state index contributed by atoms with van der Waals surface area (Å²) in [4.78, 5) is 10.8. The minimum Gasteiger partial charge on any atom is -1.00 e. The number of hydrogen-bond acceptors (Lipinski definition) is 5. The summed E-state index contributed by atoms with van der Waals surface area (Å²) in [5.74, 6) is 0.791. The maximum absolute atomic E-state index is 11.1. The zero-order valence-electron chi connectivity index (χ0n) is 16.5. The van der Waals surface area contributed by atoms with Gasteiger partial charge in [0.05, 0.1) is 23.1 Å². The minimum absolute atomic E-state index is 0. The van der Waals surface area contributed by atoms with Crippen LogP contribution in [0.4, 0.5) is 17.1 Å². The molecule has 1 heterocycles. The Labute approximate surface area is 170 Å². The highest BCUT2D eigenvalue weighted by molar-refractivity contribution is 6.33. The second-order valence-corrected chi connectivity index (χ2v) is 6.99. The van der Waals surface area contributed by atoms with E-state index in [9.17, 15) is 10.1 Å². The van der Waals surface area contributed by atoms with E-state index in [4.69, 9.17) is 4.74 Å². The Morgan fingerprint density at radius 1 is 1.21 bits per heavy atom. The Hall–Kier alpha value is -2.93. The summed E-state index contributed by atoms with van der Waals surface area (Å²) in [5, 5.41) is 17.5. The first-order valence-corrected chi connectivity index (χ1v) is 8.57. The van der Waals surface area contributed by atoms with Crippen LogP contribution in [0.25, 0.3) is 0 Å². The predicted molar refractivity (Wildman–Crippen MR) is 107 cm³/mol. The van der Waals surface area contributed by atoms with Gasteiger partial charge in [0.15, 0.2) is 0 Å². The molecule has 0 unspecified atom stereocenters. The summed E-state index contributed by atoms with van der Waals surface area (Å²) in [6.07, 6.45) is 1.82. The van der Waals surface area contributed by atoms with Gasteiger partial charge in [0.2, 0.25) is 11.4 Å². The molecular weight excluding hydrogens is 380 g/mol. The molecule has 0 radical (unpaired) electrons. The quantitative estimate of drug-likeness (QED) is 0.320. The molecule has 28 heavy (non-hydrogen) atoms. The van der Waals surface area contributed by atoms with Crippen LogP contribution >= 0.6 is 0 Å². The third-order valence-corrected chi connectivity index (χ3v) is 5.03. The molecule has 2 aromatic carbocycles. The van der Waals surface area contributed by atoms with Gasteiger partial charge in [-0.3, -0.25) is 15.1 Å². The van der Waals surface area contributed by atoms with Gasteiger partial charge in [0, 0.05) is 30.8 Å². The van der Waals surface area contributed by atoms with Gasteiger partial charge < -0.3 is 17.1 Å². The van der Waals surface area contributed by atoms with Crippen molar-refractivity contribution in [1.82, 2.24) is 0 Å². The lowest BCUT2D eigenvalue weighted by Crippen LogP contribution is -3.00. The average Bonchev–Trinajstić information content (AvgIpc) is 2.85. The number of nitro benzene ring substituents is 1. The molecule has 0 atom stereocenters. The highest BCUT2D eigenvalue weighted by Crippen LogP contribution is 2.40. The Balaban J connectivity index is 0.00000280. The van der Waals surface area contributed by atoms with Crippen molar-refractivity contribution < 1.29 is 26.6 Å². The number of anilines is 1. The molecule has 1 aliphatic heterocycles. The van der Waals surface area contributed by atoms with Crippen molar-refractivity contribution in [3.8, 4) is 5.75 Å². The van der Waals surface area contributed by atoms with Crippen molar-refractivity contribution in [3.05, 3.63) is 58.1 Å². The number of benzene rings is 2. The van der Waals surface area contributed by atoms with Crippen LogP contribution in [0.1, 0.15) is 19.4 Å². The molecule has 7 nitrogen and oxygen atoms in total. The SMILES string of the molecule is COc1ccc(N(C)/N=C/C2=[N+](C)c3ccc([N+](=O)[O-])cc3C2(C)C)cc1.[Cl-]. The first-order valence-electron chi connectivity index (χ1n) is 8.57. The van der Waals surface area contributed by atoms with E-state index in [-0.39, 0.29) is 28.4 Å². The molecule has 148 valence electrons. The number of non-ortho nitro benzene ring substituents is 1. The van der Waals surface area contributed by atoms with E-state index in [1.165, 1.54) is 6.07 Å². The van der Waals surface area contributed by atoms with Crippen molar-refractivity contribution in [3.63, 3.8) is 0 Å². The summed E-state index contributed by atoms with van der Waals surface area (Å²) in [6, 6.07) is 12.6. The Morgan fingerprint density at radius 3 is 2.43 bits per heavy atom. The van der Waals surface area contributed by atoms with Crippen molar-refractivity contribution in [2.24, 2.45) is 5.10 Å². The second-order valence-electron chi connectivity index (χ2n) is 6.99. The standard InChI is InChI=1S/C20H23N4O3.ClH/c1-20(2)17-12-15(24(25)26)8-11-18(17)22(3)19(20)13-21-23(4)14-6-9-16(27-5)10-7-14;/h6-13H,1-5H3;1H/q+1;/p-1. The van der Waals surface area contributed by atoms with E-state index in [1.807, 2.05) is 63.0 Å². The maximum atomic E-state index is 11.1. The molecule has 2 aromatic rings. The zero-order chi connectivity index (χ0) is 19.8. The van der Waals surface area contributed by atoms with Crippen molar-refractivity contribution in [1.29, 1.82) is 0 Å². The van der Waals surface area contributed by atoms with Crippen LogP contribution in [-0.4, -0.2) is 42.6 Å². The fourth-order valence-corrected chi connectivity index (χ4v) is 3.37.